The molecule has 2 heterocycles. The third-order valence-electron chi connectivity index (χ3n) is 5.90. The maximum atomic E-state index is 6.19. The fourth-order valence-corrected chi connectivity index (χ4v) is 4.23. The summed E-state index contributed by atoms with van der Waals surface area (Å²) in [6.07, 6.45) is 10.9. The quantitative estimate of drug-likeness (QED) is 0.875. The molecule has 0 spiro atoms. The molecule has 1 aromatic heterocycles. The van der Waals surface area contributed by atoms with E-state index >= 15 is 0 Å². The van der Waals surface area contributed by atoms with Crippen molar-refractivity contribution >= 4 is 0 Å². The Kier molecular flexibility index (Phi) is 5.80. The molecule has 24 heavy (non-hydrogen) atoms. The minimum Gasteiger partial charge on any atom is -0.489 e. The molecule has 3 heteroatoms. The summed E-state index contributed by atoms with van der Waals surface area (Å²) in [6.45, 7) is 9.40. The second kappa shape index (κ2) is 7.86. The lowest BCUT2D eigenvalue weighted by molar-refractivity contribution is 0.0879. The molecule has 3 rings (SSSR count). The molecule has 1 atom stereocenters. The molecule has 1 aromatic rings. The molecule has 1 saturated heterocycles. The van der Waals surface area contributed by atoms with Crippen molar-refractivity contribution in [2.75, 3.05) is 13.1 Å². The molecule has 0 radical (unpaired) electrons. The largest absolute Gasteiger partial charge is 0.489 e. The number of hydrogen-bond acceptors (Lipinski definition) is 3. The summed E-state index contributed by atoms with van der Waals surface area (Å²) in [4.78, 5) is 4.64. The molecule has 2 aliphatic rings. The van der Waals surface area contributed by atoms with Crippen LogP contribution in [-0.2, 0) is 6.42 Å². The van der Waals surface area contributed by atoms with E-state index in [0.29, 0.717) is 11.5 Å². The van der Waals surface area contributed by atoms with Gasteiger partial charge in [-0.1, -0.05) is 20.8 Å². The van der Waals surface area contributed by atoms with Gasteiger partial charge >= 0.3 is 0 Å². The zero-order valence-electron chi connectivity index (χ0n) is 15.7. The van der Waals surface area contributed by atoms with Crippen LogP contribution >= 0.6 is 0 Å². The Morgan fingerprint density at radius 3 is 2.50 bits per heavy atom. The molecular formula is C21H34N2O. The van der Waals surface area contributed by atoms with Crippen molar-refractivity contribution in [1.29, 1.82) is 0 Å². The van der Waals surface area contributed by atoms with Gasteiger partial charge in [-0.3, -0.25) is 4.98 Å². The second-order valence-electron chi connectivity index (χ2n) is 8.86. The topological polar surface area (TPSA) is 34.1 Å². The molecule has 1 aliphatic heterocycles. The highest BCUT2D eigenvalue weighted by Gasteiger charge is 2.30. The van der Waals surface area contributed by atoms with Crippen LogP contribution in [0.15, 0.2) is 18.3 Å². The van der Waals surface area contributed by atoms with Gasteiger partial charge in [0, 0.05) is 5.69 Å². The first kappa shape index (κ1) is 17.7. The number of nitrogens with zero attached hydrogens (tertiary/aromatic N) is 1. The summed E-state index contributed by atoms with van der Waals surface area (Å²) < 4.78 is 6.19. The first-order valence-corrected chi connectivity index (χ1v) is 9.83. The van der Waals surface area contributed by atoms with Crippen LogP contribution in [0.4, 0.5) is 0 Å². The smallest absolute Gasteiger partial charge is 0.138 e. The van der Waals surface area contributed by atoms with E-state index in [2.05, 4.69) is 43.2 Å². The number of piperidine rings is 1. The predicted molar refractivity (Wildman–Crippen MR) is 99.4 cm³/mol. The summed E-state index contributed by atoms with van der Waals surface area (Å²) in [5.41, 5.74) is 1.63. The number of ether oxygens (including phenoxy) is 1. The number of nitrogens with one attached hydrogen (secondary N) is 1. The van der Waals surface area contributed by atoms with Crippen molar-refractivity contribution in [3.05, 3.63) is 24.0 Å². The van der Waals surface area contributed by atoms with E-state index in [1.54, 1.807) is 0 Å². The number of hydrogen-bond donors (Lipinski definition) is 1. The van der Waals surface area contributed by atoms with Gasteiger partial charge in [0.1, 0.15) is 5.75 Å². The molecule has 1 N–H and O–H groups in total. The van der Waals surface area contributed by atoms with E-state index in [9.17, 15) is 0 Å². The third-order valence-corrected chi connectivity index (χ3v) is 5.90. The van der Waals surface area contributed by atoms with Crippen LogP contribution in [-0.4, -0.2) is 24.2 Å². The van der Waals surface area contributed by atoms with E-state index in [1.807, 2.05) is 6.20 Å². The molecule has 0 amide bonds. The van der Waals surface area contributed by atoms with E-state index in [4.69, 9.17) is 4.74 Å². The van der Waals surface area contributed by atoms with Crippen LogP contribution in [0.1, 0.15) is 65.0 Å². The fraction of sp³-hybridized carbons (Fsp3) is 0.762. The number of aromatic nitrogens is 1. The van der Waals surface area contributed by atoms with Crippen molar-refractivity contribution < 1.29 is 4.74 Å². The number of pyridine rings is 1. The minimum absolute atomic E-state index is 0.374. The highest BCUT2D eigenvalue weighted by molar-refractivity contribution is 5.20. The van der Waals surface area contributed by atoms with Crippen LogP contribution in [0, 0.1) is 17.3 Å². The lowest BCUT2D eigenvalue weighted by atomic mass is 9.72. The first-order chi connectivity index (χ1) is 11.5. The van der Waals surface area contributed by atoms with Crippen LogP contribution in [0.2, 0.25) is 0 Å². The van der Waals surface area contributed by atoms with Gasteiger partial charge in [0.15, 0.2) is 0 Å². The molecule has 2 fully saturated rings. The van der Waals surface area contributed by atoms with Crippen molar-refractivity contribution in [3.63, 3.8) is 0 Å². The second-order valence-corrected chi connectivity index (χ2v) is 8.86. The molecule has 1 unspecified atom stereocenters. The van der Waals surface area contributed by atoms with Crippen molar-refractivity contribution in [3.8, 4) is 5.75 Å². The molecule has 0 bridgehead atoms. The van der Waals surface area contributed by atoms with Gasteiger partial charge in [-0.2, -0.15) is 0 Å². The molecule has 0 aromatic carbocycles. The monoisotopic (exact) mass is 330 g/mol. The molecular weight excluding hydrogens is 296 g/mol. The van der Waals surface area contributed by atoms with Gasteiger partial charge in [-0.05, 0) is 87.4 Å². The third kappa shape index (κ3) is 4.95. The first-order valence-electron chi connectivity index (χ1n) is 9.83. The van der Waals surface area contributed by atoms with Crippen LogP contribution in [0.3, 0.4) is 0 Å². The lowest BCUT2D eigenvalue weighted by Gasteiger charge is -2.36. The SMILES string of the molecule is CC(C)(C)C1CCC(Oc2ccc(CC3CCCNC3)nc2)CC1. The Morgan fingerprint density at radius 1 is 1.12 bits per heavy atom. The summed E-state index contributed by atoms with van der Waals surface area (Å²) in [5, 5.41) is 3.48. The van der Waals surface area contributed by atoms with E-state index in [1.165, 1.54) is 50.8 Å². The Hall–Kier alpha value is -1.09. The molecule has 134 valence electrons. The average Bonchev–Trinajstić information content (AvgIpc) is 2.57. The molecule has 3 nitrogen and oxygen atoms in total. The van der Waals surface area contributed by atoms with E-state index in [-0.39, 0.29) is 0 Å². The Balaban J connectivity index is 1.46. The fourth-order valence-electron chi connectivity index (χ4n) is 4.23. The van der Waals surface area contributed by atoms with Crippen LogP contribution in [0.25, 0.3) is 0 Å². The Morgan fingerprint density at radius 2 is 1.92 bits per heavy atom. The van der Waals surface area contributed by atoms with Crippen LogP contribution in [0.5, 0.6) is 5.75 Å². The summed E-state index contributed by atoms with van der Waals surface area (Å²) in [7, 11) is 0. The zero-order chi connectivity index (χ0) is 17.0. The number of rotatable bonds is 4. The van der Waals surface area contributed by atoms with E-state index in [0.717, 1.165) is 30.6 Å². The average molecular weight is 331 g/mol. The van der Waals surface area contributed by atoms with Gasteiger partial charge in [-0.15, -0.1) is 0 Å². The van der Waals surface area contributed by atoms with Crippen molar-refractivity contribution in [1.82, 2.24) is 10.3 Å². The van der Waals surface area contributed by atoms with Crippen LogP contribution < -0.4 is 10.1 Å². The molecule has 1 aliphatic carbocycles. The molecule has 1 saturated carbocycles. The van der Waals surface area contributed by atoms with Gasteiger partial charge in [0.05, 0.1) is 12.3 Å². The van der Waals surface area contributed by atoms with E-state index < -0.39 is 0 Å². The Bertz CT molecular complexity index is 492. The van der Waals surface area contributed by atoms with Crippen molar-refractivity contribution in [2.24, 2.45) is 17.3 Å². The summed E-state index contributed by atoms with van der Waals surface area (Å²) >= 11 is 0. The highest BCUT2D eigenvalue weighted by atomic mass is 16.5. The van der Waals surface area contributed by atoms with Gasteiger partial charge in [-0.25, -0.2) is 0 Å². The highest BCUT2D eigenvalue weighted by Crippen LogP contribution is 2.38. The zero-order valence-corrected chi connectivity index (χ0v) is 15.7. The van der Waals surface area contributed by atoms with Gasteiger partial charge < -0.3 is 10.1 Å². The predicted octanol–water partition coefficient (Wildman–Crippen LogP) is 4.61. The van der Waals surface area contributed by atoms with Gasteiger partial charge in [0.25, 0.3) is 0 Å². The maximum absolute atomic E-state index is 6.19. The maximum Gasteiger partial charge on any atom is 0.138 e. The standard InChI is InChI=1S/C21H34N2O/c1-21(2,3)17-6-9-19(10-7-17)24-20-11-8-18(23-15-20)13-16-5-4-12-22-14-16/h8,11,15-17,19,22H,4-7,9-10,12-14H2,1-3H3. The normalized spacial score (nSPS) is 28.5. The van der Waals surface area contributed by atoms with Gasteiger partial charge in [0.2, 0.25) is 0 Å². The Labute approximate surface area is 147 Å². The summed E-state index contributed by atoms with van der Waals surface area (Å²) in [6, 6.07) is 4.28. The summed E-state index contributed by atoms with van der Waals surface area (Å²) in [5.74, 6) is 2.52. The lowest BCUT2D eigenvalue weighted by Crippen LogP contribution is -2.31. The van der Waals surface area contributed by atoms with Crippen molar-refractivity contribution in [2.45, 2.75) is 71.8 Å². The minimum atomic E-state index is 0.374.